The predicted octanol–water partition coefficient (Wildman–Crippen LogP) is 0.953. The molecule has 72 valence electrons. The second-order valence-corrected chi connectivity index (χ2v) is 3.45. The smallest absolute Gasteiger partial charge is 0.106 e. The SMILES string of the molecule is COCC(O)C1(OC)CCCC1. The lowest BCUT2D eigenvalue weighted by atomic mass is 9.95. The largest absolute Gasteiger partial charge is 0.388 e. The van der Waals surface area contributed by atoms with Crippen molar-refractivity contribution in [3.63, 3.8) is 0 Å². The van der Waals surface area contributed by atoms with Crippen molar-refractivity contribution in [2.45, 2.75) is 37.4 Å². The van der Waals surface area contributed by atoms with Crippen LogP contribution in [0.15, 0.2) is 0 Å². The third-order valence-corrected chi connectivity index (χ3v) is 2.79. The predicted molar refractivity (Wildman–Crippen MR) is 46.1 cm³/mol. The average Bonchev–Trinajstić information content (AvgIpc) is 2.54. The first-order valence-corrected chi connectivity index (χ1v) is 4.47. The Hall–Kier alpha value is -0.120. The lowest BCUT2D eigenvalue weighted by Crippen LogP contribution is -2.44. The fraction of sp³-hybridized carbons (Fsp3) is 1.00. The molecular weight excluding hydrogens is 156 g/mol. The van der Waals surface area contributed by atoms with Gasteiger partial charge < -0.3 is 14.6 Å². The summed E-state index contributed by atoms with van der Waals surface area (Å²) in [4.78, 5) is 0. The molecule has 1 rings (SSSR count). The van der Waals surface area contributed by atoms with Gasteiger partial charge in [-0.15, -0.1) is 0 Å². The van der Waals surface area contributed by atoms with E-state index in [0.717, 1.165) is 25.7 Å². The summed E-state index contributed by atoms with van der Waals surface area (Å²) in [7, 11) is 3.27. The van der Waals surface area contributed by atoms with Gasteiger partial charge in [-0.3, -0.25) is 0 Å². The van der Waals surface area contributed by atoms with Crippen LogP contribution in [0.2, 0.25) is 0 Å². The number of ether oxygens (including phenoxy) is 2. The summed E-state index contributed by atoms with van der Waals surface area (Å²) >= 11 is 0. The molecule has 0 bridgehead atoms. The number of aliphatic hydroxyl groups is 1. The molecule has 0 spiro atoms. The van der Waals surface area contributed by atoms with Crippen LogP contribution in [0.25, 0.3) is 0 Å². The van der Waals surface area contributed by atoms with Crippen LogP contribution in [-0.2, 0) is 9.47 Å². The van der Waals surface area contributed by atoms with E-state index in [1.807, 2.05) is 0 Å². The molecule has 0 radical (unpaired) electrons. The van der Waals surface area contributed by atoms with Crippen LogP contribution in [0.4, 0.5) is 0 Å². The van der Waals surface area contributed by atoms with Crippen molar-refractivity contribution < 1.29 is 14.6 Å². The Labute approximate surface area is 73.7 Å². The number of hydrogen-bond donors (Lipinski definition) is 1. The molecule has 0 saturated heterocycles. The lowest BCUT2D eigenvalue weighted by Gasteiger charge is -2.32. The average molecular weight is 174 g/mol. The Morgan fingerprint density at radius 1 is 1.33 bits per heavy atom. The Morgan fingerprint density at radius 2 is 1.92 bits per heavy atom. The molecule has 1 unspecified atom stereocenters. The Morgan fingerprint density at radius 3 is 2.33 bits per heavy atom. The summed E-state index contributed by atoms with van der Waals surface area (Å²) in [5, 5.41) is 9.75. The van der Waals surface area contributed by atoms with Crippen LogP contribution in [0.1, 0.15) is 25.7 Å². The van der Waals surface area contributed by atoms with Gasteiger partial charge in [0.2, 0.25) is 0 Å². The quantitative estimate of drug-likeness (QED) is 0.689. The highest BCUT2D eigenvalue weighted by atomic mass is 16.5. The molecule has 1 saturated carbocycles. The van der Waals surface area contributed by atoms with E-state index in [4.69, 9.17) is 9.47 Å². The zero-order valence-corrected chi connectivity index (χ0v) is 7.88. The van der Waals surface area contributed by atoms with Gasteiger partial charge in [0.25, 0.3) is 0 Å². The van der Waals surface area contributed by atoms with Crippen LogP contribution in [0, 0.1) is 0 Å². The summed E-state index contributed by atoms with van der Waals surface area (Å²) in [5.74, 6) is 0. The van der Waals surface area contributed by atoms with E-state index in [1.165, 1.54) is 0 Å². The van der Waals surface area contributed by atoms with Crippen molar-refractivity contribution in [1.29, 1.82) is 0 Å². The van der Waals surface area contributed by atoms with Crippen molar-refractivity contribution in [3.05, 3.63) is 0 Å². The van der Waals surface area contributed by atoms with Crippen molar-refractivity contribution in [2.75, 3.05) is 20.8 Å². The molecule has 1 N–H and O–H groups in total. The van der Waals surface area contributed by atoms with Crippen molar-refractivity contribution in [3.8, 4) is 0 Å². The zero-order chi connectivity index (χ0) is 9.03. The maximum atomic E-state index is 9.75. The van der Waals surface area contributed by atoms with E-state index in [1.54, 1.807) is 14.2 Å². The van der Waals surface area contributed by atoms with Gasteiger partial charge in [-0.1, -0.05) is 12.8 Å². The Balaban J connectivity index is 2.52. The number of methoxy groups -OCH3 is 2. The van der Waals surface area contributed by atoms with Crippen LogP contribution in [0.5, 0.6) is 0 Å². The molecule has 3 nitrogen and oxygen atoms in total. The van der Waals surface area contributed by atoms with Crippen LogP contribution in [-0.4, -0.2) is 37.6 Å². The summed E-state index contributed by atoms with van der Waals surface area (Å²) in [6.07, 6.45) is 3.72. The van der Waals surface area contributed by atoms with Gasteiger partial charge in [0, 0.05) is 14.2 Å². The first-order chi connectivity index (χ1) is 5.75. The molecule has 1 fully saturated rings. The number of rotatable bonds is 4. The van der Waals surface area contributed by atoms with Gasteiger partial charge >= 0.3 is 0 Å². The topological polar surface area (TPSA) is 38.7 Å². The van der Waals surface area contributed by atoms with Gasteiger partial charge in [-0.05, 0) is 12.8 Å². The lowest BCUT2D eigenvalue weighted by molar-refractivity contribution is -0.119. The zero-order valence-electron chi connectivity index (χ0n) is 7.88. The highest BCUT2D eigenvalue weighted by Gasteiger charge is 2.40. The van der Waals surface area contributed by atoms with Gasteiger partial charge in [0.1, 0.15) is 6.10 Å². The Bertz CT molecular complexity index is 130. The van der Waals surface area contributed by atoms with Gasteiger partial charge in [-0.2, -0.15) is 0 Å². The minimum atomic E-state index is -0.477. The van der Waals surface area contributed by atoms with Crippen LogP contribution < -0.4 is 0 Å². The molecule has 12 heavy (non-hydrogen) atoms. The molecule has 0 aliphatic heterocycles. The normalized spacial score (nSPS) is 24.2. The van der Waals surface area contributed by atoms with E-state index in [9.17, 15) is 5.11 Å². The van der Waals surface area contributed by atoms with E-state index in [-0.39, 0.29) is 5.60 Å². The third-order valence-electron chi connectivity index (χ3n) is 2.79. The highest BCUT2D eigenvalue weighted by molar-refractivity contribution is 4.92. The summed E-state index contributed by atoms with van der Waals surface area (Å²) in [5.41, 5.74) is -0.323. The van der Waals surface area contributed by atoms with E-state index >= 15 is 0 Å². The van der Waals surface area contributed by atoms with E-state index < -0.39 is 6.10 Å². The molecule has 1 atom stereocenters. The highest BCUT2D eigenvalue weighted by Crippen LogP contribution is 2.35. The van der Waals surface area contributed by atoms with E-state index in [2.05, 4.69) is 0 Å². The molecule has 0 amide bonds. The minimum absolute atomic E-state index is 0.323. The van der Waals surface area contributed by atoms with Gasteiger partial charge in [0.05, 0.1) is 12.2 Å². The fourth-order valence-electron chi connectivity index (χ4n) is 1.96. The van der Waals surface area contributed by atoms with Crippen molar-refractivity contribution >= 4 is 0 Å². The van der Waals surface area contributed by atoms with Crippen molar-refractivity contribution in [2.24, 2.45) is 0 Å². The number of hydrogen-bond acceptors (Lipinski definition) is 3. The first-order valence-electron chi connectivity index (χ1n) is 4.47. The molecule has 1 aliphatic rings. The van der Waals surface area contributed by atoms with Crippen LogP contribution in [0.3, 0.4) is 0 Å². The third kappa shape index (κ3) is 1.79. The van der Waals surface area contributed by atoms with Crippen molar-refractivity contribution in [1.82, 2.24) is 0 Å². The number of aliphatic hydroxyl groups excluding tert-OH is 1. The first kappa shape index (κ1) is 9.96. The summed E-state index contributed by atoms with van der Waals surface area (Å²) in [6, 6.07) is 0. The fourth-order valence-corrected chi connectivity index (χ4v) is 1.96. The van der Waals surface area contributed by atoms with Gasteiger partial charge in [-0.25, -0.2) is 0 Å². The summed E-state index contributed by atoms with van der Waals surface area (Å²) in [6.45, 7) is 0.369. The molecule has 0 aromatic heterocycles. The summed E-state index contributed by atoms with van der Waals surface area (Å²) < 4.78 is 10.3. The maximum absolute atomic E-state index is 9.75. The van der Waals surface area contributed by atoms with E-state index in [0.29, 0.717) is 6.61 Å². The second-order valence-electron chi connectivity index (χ2n) is 3.45. The van der Waals surface area contributed by atoms with Gasteiger partial charge in [0.15, 0.2) is 0 Å². The maximum Gasteiger partial charge on any atom is 0.106 e. The molecule has 0 aromatic rings. The molecule has 0 aromatic carbocycles. The Kier molecular flexibility index (Phi) is 3.50. The molecule has 1 aliphatic carbocycles. The van der Waals surface area contributed by atoms with Crippen LogP contribution >= 0.6 is 0 Å². The molecule has 0 heterocycles. The monoisotopic (exact) mass is 174 g/mol. The molecular formula is C9H18O3. The minimum Gasteiger partial charge on any atom is -0.388 e. The standard InChI is InChI=1S/C9H18O3/c1-11-7-8(10)9(12-2)5-3-4-6-9/h8,10H,3-7H2,1-2H3. The second kappa shape index (κ2) is 4.21. The molecule has 3 heteroatoms.